The van der Waals surface area contributed by atoms with Gasteiger partial charge in [-0.1, -0.05) is 11.1 Å². The van der Waals surface area contributed by atoms with E-state index in [1.54, 1.807) is 6.07 Å². The maximum absolute atomic E-state index is 11.7. The van der Waals surface area contributed by atoms with Crippen LogP contribution in [-0.2, 0) is 0 Å². The van der Waals surface area contributed by atoms with E-state index < -0.39 is 11.9 Å². The van der Waals surface area contributed by atoms with Crippen molar-refractivity contribution >= 4 is 49.7 Å². The van der Waals surface area contributed by atoms with Gasteiger partial charge in [0, 0.05) is 6.07 Å². The van der Waals surface area contributed by atoms with Crippen LogP contribution < -0.4 is 9.57 Å². The van der Waals surface area contributed by atoms with Gasteiger partial charge in [-0.05, 0) is 22.9 Å². The predicted molar refractivity (Wildman–Crippen MR) is 66.7 cm³/mol. The zero-order chi connectivity index (χ0) is 13.0. The Labute approximate surface area is 141 Å². The first-order valence-corrected chi connectivity index (χ1v) is 5.04. The van der Waals surface area contributed by atoms with Crippen molar-refractivity contribution < 1.29 is 27.1 Å². The summed E-state index contributed by atoms with van der Waals surface area (Å²) in [6.07, 6.45) is 4.36. The maximum atomic E-state index is 11.7. The Morgan fingerprint density at radius 2 is 2.00 bits per heavy atom. The molecule has 0 aliphatic rings. The van der Waals surface area contributed by atoms with Crippen LogP contribution in [0.2, 0.25) is 0 Å². The molecule has 7 heteroatoms. The van der Waals surface area contributed by atoms with Crippen molar-refractivity contribution in [3.8, 4) is 0 Å². The monoisotopic (exact) mass is 287 g/mol. The second-order valence-corrected chi connectivity index (χ2v) is 3.38. The number of rotatable bonds is 3. The molecule has 2 aromatic rings. The Kier molecular flexibility index (Phi) is 5.88. The van der Waals surface area contributed by atoms with Crippen LogP contribution >= 0.6 is 0 Å². The molecule has 0 bridgehead atoms. The fraction of sp³-hybridized carbons (Fsp3) is 0. The molecule has 0 saturated heterocycles. The van der Waals surface area contributed by atoms with Crippen molar-refractivity contribution in [2.75, 3.05) is 0 Å². The van der Waals surface area contributed by atoms with Crippen molar-refractivity contribution in [1.82, 2.24) is 4.98 Å². The Balaban J connectivity index is 0. The van der Waals surface area contributed by atoms with Crippen molar-refractivity contribution in [2.24, 2.45) is 0 Å². The molecule has 0 aliphatic carbocycles. The van der Waals surface area contributed by atoms with E-state index in [1.165, 1.54) is 43.0 Å². The molecule has 19 heavy (non-hydrogen) atoms. The van der Waals surface area contributed by atoms with E-state index in [2.05, 4.69) is 4.98 Å². The predicted octanol–water partition coefficient (Wildman–Crippen LogP) is 0.180. The van der Waals surface area contributed by atoms with Gasteiger partial charge < -0.3 is 7.96 Å². The van der Waals surface area contributed by atoms with Crippen molar-refractivity contribution in [3.05, 3.63) is 60.2 Å². The van der Waals surface area contributed by atoms with Crippen LogP contribution in [-0.4, -0.2) is 59.8 Å². The molecule has 0 atom stereocenters. The summed E-state index contributed by atoms with van der Waals surface area (Å²) in [5, 5.41) is 8.81. The summed E-state index contributed by atoms with van der Waals surface area (Å²) in [5.74, 6) is -1.75. The van der Waals surface area contributed by atoms with Gasteiger partial charge in [0.25, 0.3) is 0 Å². The van der Waals surface area contributed by atoms with Gasteiger partial charge in [-0.2, -0.15) is 0 Å². The van der Waals surface area contributed by atoms with Crippen LogP contribution in [0.1, 0.15) is 23.6 Å². The number of carboxylic acid groups (broad SMARTS) is 1. The van der Waals surface area contributed by atoms with Crippen LogP contribution in [0, 0.1) is 0 Å². The molecule has 0 aliphatic heterocycles. The van der Waals surface area contributed by atoms with E-state index in [0.717, 1.165) is 4.73 Å². The van der Waals surface area contributed by atoms with E-state index in [1.807, 2.05) is 0 Å². The summed E-state index contributed by atoms with van der Waals surface area (Å²) in [4.78, 5) is 31.2. The van der Waals surface area contributed by atoms with Gasteiger partial charge in [-0.25, -0.2) is 9.59 Å². The van der Waals surface area contributed by atoms with Crippen molar-refractivity contribution in [1.29, 1.82) is 0 Å². The fourth-order valence-electron chi connectivity index (χ4n) is 1.30. The van der Waals surface area contributed by atoms with Gasteiger partial charge >= 0.3 is 56.0 Å². The van der Waals surface area contributed by atoms with Crippen LogP contribution in [0.3, 0.4) is 0 Å². The third-order valence-electron chi connectivity index (χ3n) is 2.12. The molecule has 0 radical (unpaired) electrons. The number of carbonyl (C=O) groups is 2. The average Bonchev–Trinajstić information content (AvgIpc) is 2.40. The summed E-state index contributed by atoms with van der Waals surface area (Å²) in [6, 6.07) is 7.21. The molecular weight excluding hydrogens is 276 g/mol. The first-order chi connectivity index (χ1) is 8.66. The van der Waals surface area contributed by atoms with Gasteiger partial charge in [0.1, 0.15) is 12.4 Å². The number of carbonyl (C=O) groups excluding carboxylic acids is 1. The Hall–Kier alpha value is -1.50. The van der Waals surface area contributed by atoms with E-state index in [-0.39, 0.29) is 51.7 Å². The molecule has 2 rings (SSSR count). The SMILES string of the molecule is O=C(O)c1cccc(C(=O)O[n+]2cccnc2)c1.[Ca+2].[H-].[H-]. The van der Waals surface area contributed by atoms with Crippen molar-refractivity contribution in [3.63, 3.8) is 0 Å². The normalized spacial score (nSPS) is 9.26. The number of aromatic nitrogens is 2. The molecule has 1 heterocycles. The Morgan fingerprint density at radius 3 is 2.63 bits per heavy atom. The molecule has 1 N–H and O–H groups in total. The van der Waals surface area contributed by atoms with Crippen LogP contribution in [0.5, 0.6) is 0 Å². The van der Waals surface area contributed by atoms with Crippen LogP contribution in [0.15, 0.2) is 49.1 Å². The maximum Gasteiger partial charge on any atom is 2.00 e. The van der Waals surface area contributed by atoms with Gasteiger partial charge in [0.2, 0.25) is 0 Å². The minimum atomic E-state index is -1.10. The molecule has 0 spiro atoms. The van der Waals surface area contributed by atoms with Gasteiger partial charge in [0.15, 0.2) is 0 Å². The van der Waals surface area contributed by atoms with E-state index in [9.17, 15) is 9.59 Å². The van der Waals surface area contributed by atoms with E-state index in [4.69, 9.17) is 9.94 Å². The van der Waals surface area contributed by atoms with Crippen LogP contribution in [0.25, 0.3) is 0 Å². The Morgan fingerprint density at radius 1 is 1.26 bits per heavy atom. The topological polar surface area (TPSA) is 80.4 Å². The number of hydrogen-bond donors (Lipinski definition) is 1. The van der Waals surface area contributed by atoms with E-state index in [0.29, 0.717) is 0 Å². The zero-order valence-corrected chi connectivity index (χ0v) is 12.1. The third kappa shape index (κ3) is 4.27. The number of benzene rings is 1. The third-order valence-corrected chi connectivity index (χ3v) is 2.12. The summed E-state index contributed by atoms with van der Waals surface area (Å²) in [5.41, 5.74) is 0.187. The number of hydrogen-bond acceptors (Lipinski definition) is 4. The molecule has 0 saturated carbocycles. The molecule has 1 aromatic carbocycles. The van der Waals surface area contributed by atoms with E-state index >= 15 is 0 Å². The molecule has 94 valence electrons. The first kappa shape index (κ1) is 15.6. The molecule has 6 nitrogen and oxygen atoms in total. The van der Waals surface area contributed by atoms with Gasteiger partial charge in [-0.3, -0.25) is 4.84 Å². The fourth-order valence-corrected chi connectivity index (χ4v) is 1.30. The summed E-state index contributed by atoms with van der Waals surface area (Å²) in [7, 11) is 0. The smallest absolute Gasteiger partial charge is 1.00 e. The second kappa shape index (κ2) is 7.18. The molecule has 0 unspecified atom stereocenters. The molecule has 1 aromatic heterocycles. The second-order valence-electron chi connectivity index (χ2n) is 3.38. The van der Waals surface area contributed by atoms with Crippen molar-refractivity contribution in [2.45, 2.75) is 0 Å². The van der Waals surface area contributed by atoms with Gasteiger partial charge in [-0.15, -0.1) is 0 Å². The first-order valence-electron chi connectivity index (χ1n) is 5.04. The summed E-state index contributed by atoms with van der Waals surface area (Å²) >= 11 is 0. The molecular formula is C12H11CaN2O4+. The number of aromatic carboxylic acids is 1. The van der Waals surface area contributed by atoms with Crippen LogP contribution in [0.4, 0.5) is 0 Å². The van der Waals surface area contributed by atoms with Gasteiger partial charge in [0.05, 0.1) is 11.1 Å². The summed E-state index contributed by atoms with van der Waals surface area (Å²) in [6.45, 7) is 0. The molecule has 0 fully saturated rings. The standard InChI is InChI=1S/C12H8N2O4.Ca.2H/c15-11(16)9-3-1-4-10(7-9)12(17)18-14-6-2-5-13-8-14;;;/h1-8H;;;/q;+2;2*-1/p+1. The molecule has 0 amide bonds. The Bertz CT molecular complexity index is 599. The summed E-state index contributed by atoms with van der Waals surface area (Å²) < 4.78 is 1.13. The zero-order valence-electron chi connectivity index (χ0n) is 11.9. The minimum absolute atomic E-state index is 0. The largest absolute Gasteiger partial charge is 2.00 e. The number of carboxylic acids is 1. The number of nitrogens with zero attached hydrogens (tertiary/aromatic N) is 2. The average molecular weight is 287 g/mol. The minimum Gasteiger partial charge on any atom is -1.00 e. The quantitative estimate of drug-likeness (QED) is 0.643.